The average Bonchev–Trinajstić information content (AvgIpc) is 3.09. The number of alkyl carbamates (subject to hydrolysis) is 1. The number of ether oxygens (including phenoxy) is 1. The first-order valence-corrected chi connectivity index (χ1v) is 10.7. The Morgan fingerprint density at radius 2 is 1.58 bits per heavy atom. The fourth-order valence-corrected chi connectivity index (χ4v) is 4.23. The predicted molar refractivity (Wildman–Crippen MR) is 127 cm³/mol. The summed E-state index contributed by atoms with van der Waals surface area (Å²) < 4.78 is 5.56. The Balaban J connectivity index is 1.28. The van der Waals surface area contributed by atoms with Gasteiger partial charge < -0.3 is 15.8 Å². The Labute approximate surface area is 183 Å². The highest BCUT2D eigenvalue weighted by Crippen LogP contribution is 2.44. The van der Waals surface area contributed by atoms with E-state index in [1.54, 1.807) is 0 Å². The third-order valence-electron chi connectivity index (χ3n) is 5.85. The van der Waals surface area contributed by atoms with Crippen LogP contribution in [-0.2, 0) is 4.74 Å². The molecule has 31 heavy (non-hydrogen) atoms. The quantitative estimate of drug-likeness (QED) is 0.396. The maximum Gasteiger partial charge on any atom is 0.407 e. The molecule has 1 amide bonds. The van der Waals surface area contributed by atoms with Crippen molar-refractivity contribution in [2.24, 2.45) is 0 Å². The number of carbonyl (C=O) groups excluding carboxylic acids is 1. The molecule has 0 heterocycles. The minimum absolute atomic E-state index is 0.0787. The first kappa shape index (κ1) is 20.7. The fourth-order valence-electron chi connectivity index (χ4n) is 4.23. The van der Waals surface area contributed by atoms with Crippen LogP contribution in [0.15, 0.2) is 66.7 Å². The SMILES string of the molecule is Cc1cc(C=CCCNC(=O)OCC2c3ccccc3-c3ccccc32)cc(C)c1N. The second kappa shape index (κ2) is 9.09. The molecule has 4 nitrogen and oxygen atoms in total. The summed E-state index contributed by atoms with van der Waals surface area (Å²) in [4.78, 5) is 12.2. The number of nitrogen functional groups attached to an aromatic ring is 1. The van der Waals surface area contributed by atoms with E-state index in [1.807, 2.05) is 44.2 Å². The van der Waals surface area contributed by atoms with Crippen LogP contribution in [0.5, 0.6) is 0 Å². The lowest BCUT2D eigenvalue weighted by molar-refractivity contribution is 0.143. The van der Waals surface area contributed by atoms with E-state index in [4.69, 9.17) is 10.5 Å². The molecule has 0 saturated heterocycles. The van der Waals surface area contributed by atoms with Crippen molar-refractivity contribution >= 4 is 17.9 Å². The number of nitrogens with one attached hydrogen (secondary N) is 1. The highest BCUT2D eigenvalue weighted by Gasteiger charge is 2.28. The second-order valence-corrected chi connectivity index (χ2v) is 8.01. The van der Waals surface area contributed by atoms with Gasteiger partial charge in [-0.2, -0.15) is 0 Å². The van der Waals surface area contributed by atoms with E-state index >= 15 is 0 Å². The number of amides is 1. The number of hydrogen-bond acceptors (Lipinski definition) is 3. The molecule has 4 rings (SSSR count). The molecule has 158 valence electrons. The van der Waals surface area contributed by atoms with Crippen molar-refractivity contribution < 1.29 is 9.53 Å². The number of rotatable bonds is 6. The summed E-state index contributed by atoms with van der Waals surface area (Å²) >= 11 is 0. The number of fused-ring (bicyclic) bond motifs is 3. The third-order valence-corrected chi connectivity index (χ3v) is 5.85. The van der Waals surface area contributed by atoms with E-state index in [1.165, 1.54) is 22.3 Å². The first-order chi connectivity index (χ1) is 15.0. The molecule has 1 aliphatic rings. The van der Waals surface area contributed by atoms with Crippen LogP contribution in [0.2, 0.25) is 0 Å². The van der Waals surface area contributed by atoms with Gasteiger partial charge in [-0.3, -0.25) is 0 Å². The monoisotopic (exact) mass is 412 g/mol. The van der Waals surface area contributed by atoms with Gasteiger partial charge in [0, 0.05) is 18.2 Å². The molecule has 0 unspecified atom stereocenters. The summed E-state index contributed by atoms with van der Waals surface area (Å²) in [5, 5.41) is 2.84. The van der Waals surface area contributed by atoms with Crippen molar-refractivity contribution in [3.05, 3.63) is 94.6 Å². The largest absolute Gasteiger partial charge is 0.449 e. The lowest BCUT2D eigenvalue weighted by atomic mass is 9.98. The van der Waals surface area contributed by atoms with Crippen molar-refractivity contribution in [3.63, 3.8) is 0 Å². The maximum atomic E-state index is 12.2. The van der Waals surface area contributed by atoms with Gasteiger partial charge in [-0.1, -0.05) is 60.7 Å². The molecule has 0 atom stereocenters. The summed E-state index contributed by atoms with van der Waals surface area (Å²) in [5.74, 6) is 0.0787. The highest BCUT2D eigenvalue weighted by atomic mass is 16.5. The number of carbonyl (C=O) groups is 1. The molecular weight excluding hydrogens is 384 g/mol. The smallest absolute Gasteiger partial charge is 0.407 e. The van der Waals surface area contributed by atoms with Gasteiger partial charge >= 0.3 is 6.09 Å². The zero-order valence-electron chi connectivity index (χ0n) is 18.0. The summed E-state index contributed by atoms with van der Waals surface area (Å²) in [6.45, 7) is 4.89. The van der Waals surface area contributed by atoms with Crippen LogP contribution in [0.1, 0.15) is 40.2 Å². The Morgan fingerprint density at radius 3 is 2.19 bits per heavy atom. The minimum Gasteiger partial charge on any atom is -0.449 e. The van der Waals surface area contributed by atoms with Crippen molar-refractivity contribution in [3.8, 4) is 11.1 Å². The normalized spacial score (nSPS) is 12.6. The van der Waals surface area contributed by atoms with Gasteiger partial charge in [0.05, 0.1) is 0 Å². The number of benzene rings is 3. The molecule has 3 N–H and O–H groups in total. The van der Waals surface area contributed by atoms with E-state index in [0.717, 1.165) is 28.8 Å². The topological polar surface area (TPSA) is 64.3 Å². The van der Waals surface area contributed by atoms with Crippen LogP contribution in [0.4, 0.5) is 10.5 Å². The molecule has 0 radical (unpaired) electrons. The molecule has 1 aliphatic carbocycles. The van der Waals surface area contributed by atoms with Gasteiger partial charge in [-0.05, 0) is 71.3 Å². The van der Waals surface area contributed by atoms with E-state index < -0.39 is 0 Å². The van der Waals surface area contributed by atoms with E-state index in [9.17, 15) is 4.79 Å². The van der Waals surface area contributed by atoms with Crippen LogP contribution in [0.3, 0.4) is 0 Å². The van der Waals surface area contributed by atoms with E-state index in [2.05, 4.69) is 47.8 Å². The first-order valence-electron chi connectivity index (χ1n) is 10.7. The van der Waals surface area contributed by atoms with E-state index in [-0.39, 0.29) is 12.0 Å². The van der Waals surface area contributed by atoms with Gasteiger partial charge in [0.15, 0.2) is 0 Å². The molecule has 0 saturated carbocycles. The van der Waals surface area contributed by atoms with Crippen LogP contribution in [-0.4, -0.2) is 19.2 Å². The summed E-state index contributed by atoms with van der Waals surface area (Å²) in [5.41, 5.74) is 15.0. The fraction of sp³-hybridized carbons (Fsp3) is 0.222. The Hall–Kier alpha value is -3.53. The standard InChI is InChI=1S/C27H28N2O2/c1-18-15-20(16-19(2)26(18)28)9-7-8-14-29-27(30)31-17-25-23-12-5-3-10-21(23)22-11-4-6-13-24(22)25/h3-7,9-13,15-16,25H,8,14,17,28H2,1-2H3,(H,29,30). The molecule has 0 bridgehead atoms. The van der Waals surface area contributed by atoms with Crippen molar-refractivity contribution in [2.75, 3.05) is 18.9 Å². The van der Waals surface area contributed by atoms with E-state index in [0.29, 0.717) is 13.2 Å². The molecule has 0 aromatic heterocycles. The van der Waals surface area contributed by atoms with Gasteiger partial charge in [-0.15, -0.1) is 0 Å². The zero-order chi connectivity index (χ0) is 21.8. The number of nitrogens with two attached hydrogens (primary N) is 1. The van der Waals surface area contributed by atoms with Gasteiger partial charge in [0.1, 0.15) is 6.61 Å². The molecule has 4 heteroatoms. The number of aryl methyl sites for hydroxylation is 2. The summed E-state index contributed by atoms with van der Waals surface area (Å²) in [7, 11) is 0. The van der Waals surface area contributed by atoms with Crippen molar-refractivity contribution in [1.82, 2.24) is 5.32 Å². The summed E-state index contributed by atoms with van der Waals surface area (Å²) in [6, 6.07) is 20.8. The molecular formula is C27H28N2O2. The van der Waals surface area contributed by atoms with Crippen molar-refractivity contribution in [2.45, 2.75) is 26.2 Å². The van der Waals surface area contributed by atoms with Gasteiger partial charge in [-0.25, -0.2) is 4.79 Å². The Kier molecular flexibility index (Phi) is 6.08. The lowest BCUT2D eigenvalue weighted by Crippen LogP contribution is -2.26. The van der Waals surface area contributed by atoms with Gasteiger partial charge in [0.2, 0.25) is 0 Å². The van der Waals surface area contributed by atoms with Crippen molar-refractivity contribution in [1.29, 1.82) is 0 Å². The number of hydrogen-bond donors (Lipinski definition) is 2. The zero-order valence-corrected chi connectivity index (χ0v) is 18.0. The van der Waals surface area contributed by atoms with Gasteiger partial charge in [0.25, 0.3) is 0 Å². The Bertz CT molecular complexity index is 1070. The molecule has 3 aromatic rings. The lowest BCUT2D eigenvalue weighted by Gasteiger charge is -2.14. The second-order valence-electron chi connectivity index (χ2n) is 8.01. The average molecular weight is 413 g/mol. The highest BCUT2D eigenvalue weighted by molar-refractivity contribution is 5.79. The Morgan fingerprint density at radius 1 is 1.00 bits per heavy atom. The molecule has 0 aliphatic heterocycles. The molecule has 0 spiro atoms. The maximum absolute atomic E-state index is 12.2. The third kappa shape index (κ3) is 4.48. The molecule has 0 fully saturated rings. The minimum atomic E-state index is -0.380. The van der Waals surface area contributed by atoms with Crippen LogP contribution in [0, 0.1) is 13.8 Å². The predicted octanol–water partition coefficient (Wildman–Crippen LogP) is 5.83. The van der Waals surface area contributed by atoms with Crippen LogP contribution < -0.4 is 11.1 Å². The number of anilines is 1. The summed E-state index contributed by atoms with van der Waals surface area (Å²) in [6.07, 6.45) is 4.45. The molecule has 3 aromatic carbocycles. The van der Waals surface area contributed by atoms with Crippen LogP contribution in [0.25, 0.3) is 17.2 Å². The van der Waals surface area contributed by atoms with Crippen LogP contribution >= 0.6 is 0 Å².